The molecule has 0 heterocycles. The standard InChI is InChI=1S/C16H14Br4O2.C10H18O7/c1-5-11(17)9(12(18)6(2)15(5)21)10-13(19)7(3)16(22)8(4)14(10)20;1-7(11)16-5-9(13)3-15-4-10(14)6-17-8(2)12/h21-22H,1-4H3;9-10,13-14H,3-6H2,1-2H3. The third-order valence-electron chi connectivity index (χ3n) is 5.44. The molecule has 2 aromatic rings. The van der Waals surface area contributed by atoms with Gasteiger partial charge in [-0.2, -0.15) is 0 Å². The lowest BCUT2D eigenvalue weighted by Crippen LogP contribution is -2.28. The van der Waals surface area contributed by atoms with Crippen molar-refractivity contribution in [1.82, 2.24) is 0 Å². The highest BCUT2D eigenvalue weighted by molar-refractivity contribution is 9.11. The lowest BCUT2D eigenvalue weighted by Gasteiger charge is -2.20. The van der Waals surface area contributed by atoms with Crippen LogP contribution in [0, 0.1) is 27.7 Å². The number of aromatic hydroxyl groups is 2. The van der Waals surface area contributed by atoms with Crippen molar-refractivity contribution in [3.63, 3.8) is 0 Å². The zero-order chi connectivity index (χ0) is 30.2. The molecule has 2 atom stereocenters. The fourth-order valence-corrected chi connectivity index (χ4v) is 6.09. The van der Waals surface area contributed by atoms with Gasteiger partial charge in [-0.1, -0.05) is 0 Å². The van der Waals surface area contributed by atoms with Crippen molar-refractivity contribution in [2.75, 3.05) is 26.4 Å². The van der Waals surface area contributed by atoms with Crippen molar-refractivity contribution in [2.24, 2.45) is 0 Å². The van der Waals surface area contributed by atoms with Crippen molar-refractivity contribution < 1.29 is 44.2 Å². The van der Waals surface area contributed by atoms with Crippen LogP contribution in [-0.2, 0) is 23.8 Å². The minimum absolute atomic E-state index is 0.0790. The topological polar surface area (TPSA) is 143 Å². The van der Waals surface area contributed by atoms with Gasteiger partial charge < -0.3 is 34.6 Å². The first-order valence-corrected chi connectivity index (χ1v) is 14.7. The Morgan fingerprint density at radius 3 is 1.10 bits per heavy atom. The minimum atomic E-state index is -0.945. The molecule has 13 heteroatoms. The molecule has 4 N–H and O–H groups in total. The van der Waals surface area contributed by atoms with E-state index in [9.17, 15) is 30.0 Å². The van der Waals surface area contributed by atoms with E-state index in [1.165, 1.54) is 13.8 Å². The summed E-state index contributed by atoms with van der Waals surface area (Å²) >= 11 is 14.4. The van der Waals surface area contributed by atoms with Gasteiger partial charge in [-0.15, -0.1) is 0 Å². The van der Waals surface area contributed by atoms with Crippen LogP contribution in [0.3, 0.4) is 0 Å². The first-order chi connectivity index (χ1) is 18.0. The van der Waals surface area contributed by atoms with Crippen LogP contribution in [0.25, 0.3) is 11.1 Å². The van der Waals surface area contributed by atoms with E-state index in [0.717, 1.165) is 51.3 Å². The number of benzene rings is 2. The van der Waals surface area contributed by atoms with Gasteiger partial charge in [-0.05, 0) is 91.4 Å². The van der Waals surface area contributed by atoms with Crippen molar-refractivity contribution in [3.05, 3.63) is 40.1 Å². The van der Waals surface area contributed by atoms with E-state index in [-0.39, 0.29) is 37.9 Å². The number of carbonyl (C=O) groups excluding carboxylic acids is 2. The van der Waals surface area contributed by atoms with E-state index < -0.39 is 24.1 Å². The Morgan fingerprint density at radius 1 is 0.615 bits per heavy atom. The number of ether oxygens (including phenoxy) is 3. The predicted octanol–water partition coefficient (Wildman–Crippen LogP) is 5.90. The molecule has 0 saturated carbocycles. The molecular formula is C26H32Br4O9. The Balaban J connectivity index is 0.000000406. The van der Waals surface area contributed by atoms with E-state index in [1.54, 1.807) is 0 Å². The summed E-state index contributed by atoms with van der Waals surface area (Å²) in [6.45, 7) is 9.45. The Bertz CT molecular complexity index is 1050. The number of aliphatic hydroxyl groups is 2. The third kappa shape index (κ3) is 9.98. The molecule has 0 radical (unpaired) electrons. The number of phenols is 2. The minimum Gasteiger partial charge on any atom is -0.507 e. The van der Waals surface area contributed by atoms with Crippen LogP contribution < -0.4 is 0 Å². The van der Waals surface area contributed by atoms with Crippen LogP contribution in [0.4, 0.5) is 0 Å². The van der Waals surface area contributed by atoms with Gasteiger partial charge in [0.15, 0.2) is 0 Å². The van der Waals surface area contributed by atoms with Gasteiger partial charge in [0.2, 0.25) is 0 Å². The first kappa shape index (κ1) is 35.8. The van der Waals surface area contributed by atoms with Gasteiger partial charge >= 0.3 is 11.9 Å². The van der Waals surface area contributed by atoms with Crippen molar-refractivity contribution in [1.29, 1.82) is 0 Å². The second kappa shape index (κ2) is 16.3. The van der Waals surface area contributed by atoms with E-state index in [4.69, 9.17) is 4.74 Å². The molecule has 0 aliphatic heterocycles. The number of carbonyl (C=O) groups is 2. The average Bonchev–Trinajstić information content (AvgIpc) is 2.88. The molecule has 9 nitrogen and oxygen atoms in total. The molecule has 0 bridgehead atoms. The summed E-state index contributed by atoms with van der Waals surface area (Å²) in [7, 11) is 0. The number of phenolic OH excluding ortho intramolecular Hbond substituents is 2. The highest BCUT2D eigenvalue weighted by Gasteiger charge is 2.24. The van der Waals surface area contributed by atoms with Gasteiger partial charge in [0.25, 0.3) is 0 Å². The molecule has 0 amide bonds. The monoisotopic (exact) mass is 804 g/mol. The normalized spacial score (nSPS) is 12.3. The number of rotatable bonds is 9. The third-order valence-corrected chi connectivity index (χ3v) is 9.41. The number of esters is 2. The highest BCUT2D eigenvalue weighted by atomic mass is 79.9. The summed E-state index contributed by atoms with van der Waals surface area (Å²) in [5.41, 5.74) is 4.96. The van der Waals surface area contributed by atoms with E-state index in [0.29, 0.717) is 0 Å². The number of halogens is 4. The molecule has 218 valence electrons. The molecule has 39 heavy (non-hydrogen) atoms. The lowest BCUT2D eigenvalue weighted by molar-refractivity contribution is -0.146. The Morgan fingerprint density at radius 2 is 0.872 bits per heavy atom. The molecule has 2 rings (SSSR count). The fourth-order valence-electron chi connectivity index (χ4n) is 3.22. The largest absolute Gasteiger partial charge is 0.507 e. The summed E-state index contributed by atoms with van der Waals surface area (Å²) in [6.07, 6.45) is -1.89. The first-order valence-electron chi connectivity index (χ1n) is 11.6. The van der Waals surface area contributed by atoms with E-state index in [1.807, 2.05) is 27.7 Å². The van der Waals surface area contributed by atoms with Crippen LogP contribution in [-0.4, -0.2) is 71.0 Å². The summed E-state index contributed by atoms with van der Waals surface area (Å²) in [6, 6.07) is 0. The summed E-state index contributed by atoms with van der Waals surface area (Å²) in [5.74, 6) is -0.443. The zero-order valence-electron chi connectivity index (χ0n) is 22.3. The predicted molar refractivity (Wildman–Crippen MR) is 161 cm³/mol. The summed E-state index contributed by atoms with van der Waals surface area (Å²) in [4.78, 5) is 20.8. The van der Waals surface area contributed by atoms with E-state index >= 15 is 0 Å². The van der Waals surface area contributed by atoms with Gasteiger partial charge in [0.1, 0.15) is 36.9 Å². The molecule has 0 saturated heterocycles. The lowest BCUT2D eigenvalue weighted by atomic mass is 9.96. The SMILES string of the molecule is CC(=O)OCC(O)COCC(O)COC(C)=O.Cc1c(O)c(C)c(Br)c(-c2c(Br)c(C)c(O)c(C)c2Br)c1Br. The smallest absolute Gasteiger partial charge is 0.302 e. The number of hydrogen-bond donors (Lipinski definition) is 4. The molecule has 2 aromatic carbocycles. The van der Waals surface area contributed by atoms with Gasteiger partial charge in [0.05, 0.1) is 13.2 Å². The summed E-state index contributed by atoms with van der Waals surface area (Å²) < 4.78 is 17.3. The van der Waals surface area contributed by atoms with Crippen LogP contribution in [0.1, 0.15) is 36.1 Å². The molecule has 0 aliphatic carbocycles. The van der Waals surface area contributed by atoms with Crippen molar-refractivity contribution in [3.8, 4) is 22.6 Å². The van der Waals surface area contributed by atoms with Gasteiger partial charge in [-0.25, -0.2) is 0 Å². The summed E-state index contributed by atoms with van der Waals surface area (Å²) in [5, 5.41) is 38.9. The van der Waals surface area contributed by atoms with E-state index in [2.05, 4.69) is 73.2 Å². The van der Waals surface area contributed by atoms with Gasteiger partial charge in [0, 0.05) is 65.1 Å². The quantitative estimate of drug-likeness (QED) is 0.228. The molecule has 0 aromatic heterocycles. The van der Waals surface area contributed by atoms with Crippen molar-refractivity contribution >= 4 is 75.7 Å². The van der Waals surface area contributed by atoms with Gasteiger partial charge in [-0.3, -0.25) is 9.59 Å². The van der Waals surface area contributed by atoms with Crippen LogP contribution in [0.2, 0.25) is 0 Å². The molecule has 0 aliphatic rings. The fraction of sp³-hybridized carbons (Fsp3) is 0.462. The molecule has 0 fully saturated rings. The molecule has 2 unspecified atom stereocenters. The average molecular weight is 808 g/mol. The Hall–Kier alpha value is -1.22. The zero-order valence-corrected chi connectivity index (χ0v) is 28.7. The van der Waals surface area contributed by atoms with Crippen LogP contribution in [0.5, 0.6) is 11.5 Å². The number of aliphatic hydroxyl groups excluding tert-OH is 2. The maximum Gasteiger partial charge on any atom is 0.302 e. The second-order valence-electron chi connectivity index (χ2n) is 8.65. The van der Waals surface area contributed by atoms with Crippen LogP contribution >= 0.6 is 63.7 Å². The maximum atomic E-state index is 10.4. The maximum absolute atomic E-state index is 10.4. The molecular weight excluding hydrogens is 776 g/mol. The highest BCUT2D eigenvalue weighted by Crippen LogP contribution is 2.51. The van der Waals surface area contributed by atoms with Crippen molar-refractivity contribution in [2.45, 2.75) is 53.8 Å². The Labute approximate surface area is 261 Å². The number of hydrogen-bond acceptors (Lipinski definition) is 9. The molecule has 0 spiro atoms. The Kier molecular flexibility index (Phi) is 14.9. The second-order valence-corrected chi connectivity index (χ2v) is 11.8. The van der Waals surface area contributed by atoms with Crippen LogP contribution in [0.15, 0.2) is 17.9 Å².